The quantitative estimate of drug-likeness (QED) is 0.354. The number of para-hydroxylation sites is 2. The summed E-state index contributed by atoms with van der Waals surface area (Å²) < 4.78 is 30.3. The third-order valence-corrected chi connectivity index (χ3v) is 6.15. The number of nitrogens with zero attached hydrogens (tertiary/aromatic N) is 2. The van der Waals surface area contributed by atoms with E-state index in [1.54, 1.807) is 30.3 Å². The lowest BCUT2D eigenvalue weighted by atomic mass is 10.0. The van der Waals surface area contributed by atoms with E-state index in [-0.39, 0.29) is 21.8 Å². The van der Waals surface area contributed by atoms with Gasteiger partial charge in [0.15, 0.2) is 12.0 Å². The zero-order chi connectivity index (χ0) is 23.2. The van der Waals surface area contributed by atoms with Gasteiger partial charge in [0.1, 0.15) is 10.4 Å². The SMILES string of the molecule is NS(=O)(=O)c1cnc2ccc(-c3cccc4ncoc34)cc2c1Nc1ccccc1C(=O)O. The van der Waals surface area contributed by atoms with Gasteiger partial charge < -0.3 is 14.8 Å². The molecule has 5 aromatic rings. The van der Waals surface area contributed by atoms with Crippen molar-refractivity contribution in [1.82, 2.24) is 9.97 Å². The Balaban J connectivity index is 1.78. The summed E-state index contributed by atoms with van der Waals surface area (Å²) >= 11 is 0. The second-order valence-corrected chi connectivity index (χ2v) is 8.79. The van der Waals surface area contributed by atoms with Crippen molar-refractivity contribution in [2.24, 2.45) is 5.14 Å². The van der Waals surface area contributed by atoms with Crippen LogP contribution in [0.3, 0.4) is 0 Å². The Morgan fingerprint density at radius 2 is 1.82 bits per heavy atom. The van der Waals surface area contributed by atoms with Gasteiger partial charge >= 0.3 is 5.97 Å². The second kappa shape index (κ2) is 7.69. The van der Waals surface area contributed by atoms with Gasteiger partial charge in [-0.15, -0.1) is 0 Å². The molecule has 9 nitrogen and oxygen atoms in total. The van der Waals surface area contributed by atoms with Crippen LogP contribution in [0.15, 0.2) is 82.6 Å². The van der Waals surface area contributed by atoms with E-state index in [2.05, 4.69) is 15.3 Å². The first-order valence-electron chi connectivity index (χ1n) is 9.70. The van der Waals surface area contributed by atoms with Gasteiger partial charge in [-0.1, -0.05) is 30.3 Å². The van der Waals surface area contributed by atoms with Crippen LogP contribution in [0, 0.1) is 0 Å². The topological polar surface area (TPSA) is 148 Å². The molecule has 0 aliphatic rings. The number of aromatic nitrogens is 2. The molecule has 0 atom stereocenters. The summed E-state index contributed by atoms with van der Waals surface area (Å²) in [5.74, 6) is -1.16. The Morgan fingerprint density at radius 1 is 1.00 bits per heavy atom. The third kappa shape index (κ3) is 3.67. The number of anilines is 2. The number of primary sulfonamides is 1. The lowest BCUT2D eigenvalue weighted by molar-refractivity contribution is 0.0698. The summed E-state index contributed by atoms with van der Waals surface area (Å²) in [6.45, 7) is 0. The lowest BCUT2D eigenvalue weighted by Gasteiger charge is -2.16. The molecule has 0 unspecified atom stereocenters. The van der Waals surface area contributed by atoms with Crippen LogP contribution in [-0.4, -0.2) is 29.5 Å². The number of fused-ring (bicyclic) bond motifs is 2. The molecule has 0 bridgehead atoms. The highest BCUT2D eigenvalue weighted by molar-refractivity contribution is 7.89. The van der Waals surface area contributed by atoms with Crippen LogP contribution in [0.5, 0.6) is 0 Å². The fraction of sp³-hybridized carbons (Fsp3) is 0. The molecule has 0 spiro atoms. The number of nitrogens with two attached hydrogens (primary N) is 1. The molecule has 0 aliphatic carbocycles. The van der Waals surface area contributed by atoms with Crippen LogP contribution in [-0.2, 0) is 10.0 Å². The number of carboxylic acids is 1. The van der Waals surface area contributed by atoms with Crippen molar-refractivity contribution >= 4 is 49.4 Å². The summed E-state index contributed by atoms with van der Waals surface area (Å²) in [6, 6.07) is 17.0. The maximum absolute atomic E-state index is 12.4. The average Bonchev–Trinajstić information content (AvgIpc) is 3.27. The number of rotatable bonds is 5. The number of aromatic carboxylic acids is 1. The molecule has 164 valence electrons. The van der Waals surface area contributed by atoms with Crippen molar-refractivity contribution in [3.05, 3.63) is 78.8 Å². The molecular weight excluding hydrogens is 444 g/mol. The number of oxazole rings is 1. The molecule has 0 aliphatic heterocycles. The van der Waals surface area contributed by atoms with Crippen LogP contribution in [0.1, 0.15) is 10.4 Å². The molecule has 4 N–H and O–H groups in total. The molecule has 0 radical (unpaired) electrons. The van der Waals surface area contributed by atoms with Crippen LogP contribution in [0.25, 0.3) is 33.1 Å². The number of carbonyl (C=O) groups is 1. The van der Waals surface area contributed by atoms with Gasteiger partial charge in [-0.25, -0.2) is 23.3 Å². The molecular formula is C23H16N4O5S. The van der Waals surface area contributed by atoms with E-state index >= 15 is 0 Å². The maximum atomic E-state index is 12.4. The van der Waals surface area contributed by atoms with Crippen molar-refractivity contribution in [3.63, 3.8) is 0 Å². The standard InChI is InChI=1S/C23H16N4O5S/c24-33(30,31)20-11-25-17-9-8-13(14-5-3-7-19-22(14)32-12-26-19)10-16(17)21(20)27-18-6-2-1-4-15(18)23(28)29/h1-12H,(H,25,27)(H,28,29)(H2,24,30,31). The van der Waals surface area contributed by atoms with Gasteiger partial charge in [-0.2, -0.15) is 0 Å². The molecule has 0 fully saturated rings. The highest BCUT2D eigenvalue weighted by Gasteiger charge is 2.21. The fourth-order valence-electron chi connectivity index (χ4n) is 3.71. The third-order valence-electron chi connectivity index (χ3n) is 5.22. The maximum Gasteiger partial charge on any atom is 0.337 e. The number of hydrogen-bond donors (Lipinski definition) is 3. The van der Waals surface area contributed by atoms with Crippen LogP contribution in [0.4, 0.5) is 11.4 Å². The van der Waals surface area contributed by atoms with Gasteiger partial charge in [-0.05, 0) is 35.9 Å². The predicted molar refractivity (Wildman–Crippen MR) is 123 cm³/mol. The smallest absolute Gasteiger partial charge is 0.337 e. The molecule has 3 aromatic carbocycles. The molecule has 2 heterocycles. The minimum absolute atomic E-state index is 0.0228. The summed E-state index contributed by atoms with van der Waals surface area (Å²) in [5, 5.41) is 18.4. The van der Waals surface area contributed by atoms with E-state index in [9.17, 15) is 18.3 Å². The molecule has 0 saturated carbocycles. The number of benzene rings is 3. The zero-order valence-corrected chi connectivity index (χ0v) is 17.7. The summed E-state index contributed by atoms with van der Waals surface area (Å²) in [6.07, 6.45) is 2.51. The fourth-order valence-corrected chi connectivity index (χ4v) is 4.36. The van der Waals surface area contributed by atoms with Crippen LogP contribution < -0.4 is 10.5 Å². The Kier molecular flexibility index (Phi) is 4.81. The first-order chi connectivity index (χ1) is 15.8. The van der Waals surface area contributed by atoms with Crippen molar-refractivity contribution in [2.75, 3.05) is 5.32 Å². The first kappa shape index (κ1) is 20.6. The summed E-state index contributed by atoms with van der Waals surface area (Å²) in [7, 11) is -4.18. The second-order valence-electron chi connectivity index (χ2n) is 7.26. The molecule has 0 saturated heterocycles. The van der Waals surface area contributed by atoms with E-state index in [0.29, 0.717) is 22.0 Å². The lowest BCUT2D eigenvalue weighted by Crippen LogP contribution is -2.15. The van der Waals surface area contributed by atoms with Gasteiger partial charge in [0.05, 0.1) is 22.5 Å². The number of nitrogens with one attached hydrogen (secondary N) is 1. The monoisotopic (exact) mass is 460 g/mol. The van der Waals surface area contributed by atoms with Gasteiger partial charge in [0, 0.05) is 17.1 Å². The molecule has 2 aromatic heterocycles. The van der Waals surface area contributed by atoms with Gasteiger partial charge in [0.25, 0.3) is 0 Å². The Labute approximate surface area is 187 Å². The number of carboxylic acid groups (broad SMARTS) is 1. The Bertz CT molecular complexity index is 1660. The van der Waals surface area contributed by atoms with Gasteiger partial charge in [-0.3, -0.25) is 4.98 Å². The first-order valence-corrected chi connectivity index (χ1v) is 11.2. The van der Waals surface area contributed by atoms with Crippen molar-refractivity contribution < 1.29 is 22.7 Å². The Morgan fingerprint density at radius 3 is 2.61 bits per heavy atom. The van der Waals surface area contributed by atoms with Gasteiger partial charge in [0.2, 0.25) is 10.0 Å². The predicted octanol–water partition coefficient (Wildman–Crippen LogP) is 4.13. The highest BCUT2D eigenvalue weighted by Crippen LogP contribution is 2.36. The zero-order valence-electron chi connectivity index (χ0n) is 16.9. The Hall–Kier alpha value is -4.28. The largest absolute Gasteiger partial charge is 0.478 e. The minimum atomic E-state index is -4.18. The molecule has 33 heavy (non-hydrogen) atoms. The van der Waals surface area contributed by atoms with E-state index in [1.165, 1.54) is 12.5 Å². The van der Waals surface area contributed by atoms with Crippen molar-refractivity contribution in [3.8, 4) is 11.1 Å². The average molecular weight is 460 g/mol. The molecule has 0 amide bonds. The van der Waals surface area contributed by atoms with E-state index in [4.69, 9.17) is 9.56 Å². The highest BCUT2D eigenvalue weighted by atomic mass is 32.2. The van der Waals surface area contributed by atoms with Crippen LogP contribution in [0.2, 0.25) is 0 Å². The summed E-state index contributed by atoms with van der Waals surface area (Å²) in [5.41, 5.74) is 3.55. The number of pyridine rings is 1. The molecule has 5 rings (SSSR count). The number of hydrogen-bond acceptors (Lipinski definition) is 7. The van der Waals surface area contributed by atoms with E-state index < -0.39 is 16.0 Å². The number of sulfonamides is 1. The summed E-state index contributed by atoms with van der Waals surface area (Å²) in [4.78, 5) is 19.8. The van der Waals surface area contributed by atoms with Crippen molar-refractivity contribution in [2.45, 2.75) is 4.90 Å². The normalized spacial score (nSPS) is 11.7. The van der Waals surface area contributed by atoms with E-state index in [1.807, 2.05) is 24.3 Å². The van der Waals surface area contributed by atoms with E-state index in [0.717, 1.165) is 17.3 Å². The molecule has 10 heteroatoms. The van der Waals surface area contributed by atoms with Crippen LogP contribution >= 0.6 is 0 Å². The van der Waals surface area contributed by atoms with Crippen molar-refractivity contribution in [1.29, 1.82) is 0 Å². The minimum Gasteiger partial charge on any atom is -0.478 e.